The highest BCUT2D eigenvalue weighted by Crippen LogP contribution is 2.25. The number of benzene rings is 1. The van der Waals surface area contributed by atoms with Gasteiger partial charge in [0.15, 0.2) is 0 Å². The monoisotopic (exact) mass is 291 g/mol. The van der Waals surface area contributed by atoms with Crippen LogP contribution in [0.25, 0.3) is 11.3 Å². The molecule has 0 saturated carbocycles. The summed E-state index contributed by atoms with van der Waals surface area (Å²) < 4.78 is 13.9. The van der Waals surface area contributed by atoms with Gasteiger partial charge < -0.3 is 5.11 Å². The van der Waals surface area contributed by atoms with Crippen molar-refractivity contribution in [3.63, 3.8) is 0 Å². The highest BCUT2D eigenvalue weighted by molar-refractivity contribution is 5.63. The van der Waals surface area contributed by atoms with Crippen LogP contribution in [0.2, 0.25) is 0 Å². The summed E-state index contributed by atoms with van der Waals surface area (Å²) in [4.78, 5) is 2.11. The van der Waals surface area contributed by atoms with Gasteiger partial charge in [-0.15, -0.1) is 0 Å². The molecule has 0 spiro atoms. The Morgan fingerprint density at radius 1 is 1.33 bits per heavy atom. The van der Waals surface area contributed by atoms with E-state index in [1.54, 1.807) is 38.2 Å². The minimum absolute atomic E-state index is 0.270. The lowest BCUT2D eigenvalue weighted by molar-refractivity contribution is 0.0354. The molecule has 0 unspecified atom stereocenters. The molecule has 0 saturated heterocycles. The summed E-state index contributed by atoms with van der Waals surface area (Å²) in [6.45, 7) is 7.55. The fourth-order valence-corrected chi connectivity index (χ4v) is 2.40. The number of rotatable bonds is 6. The number of H-pyrrole nitrogens is 1. The molecule has 0 fully saturated rings. The molecule has 0 aliphatic heterocycles. The fourth-order valence-electron chi connectivity index (χ4n) is 2.40. The van der Waals surface area contributed by atoms with E-state index in [4.69, 9.17) is 0 Å². The molecule has 0 radical (unpaired) electrons. The average Bonchev–Trinajstić information content (AvgIpc) is 2.85. The number of halogens is 1. The van der Waals surface area contributed by atoms with E-state index in [2.05, 4.69) is 15.1 Å². The maximum atomic E-state index is 13.9. The van der Waals surface area contributed by atoms with Gasteiger partial charge >= 0.3 is 0 Å². The largest absolute Gasteiger partial charge is 0.389 e. The third kappa shape index (κ3) is 4.12. The van der Waals surface area contributed by atoms with Gasteiger partial charge in [0.1, 0.15) is 5.82 Å². The van der Waals surface area contributed by atoms with Crippen LogP contribution in [0, 0.1) is 5.82 Å². The molecule has 114 valence electrons. The number of hydrogen-bond donors (Lipinski definition) is 2. The zero-order chi connectivity index (χ0) is 15.5. The SMILES string of the molecule is CCN(Cc1cn[nH]c1-c1ccccc1F)CC(C)(C)O. The first-order valence-corrected chi connectivity index (χ1v) is 7.12. The third-order valence-corrected chi connectivity index (χ3v) is 3.31. The number of nitrogens with zero attached hydrogens (tertiary/aromatic N) is 2. The number of likely N-dealkylation sites (N-methyl/N-ethyl adjacent to an activating group) is 1. The molecule has 0 bridgehead atoms. The van der Waals surface area contributed by atoms with Gasteiger partial charge in [-0.25, -0.2) is 4.39 Å². The standard InChI is InChI=1S/C16H22FN3O/c1-4-20(11-16(2,3)21)10-12-9-18-19-15(12)13-7-5-6-8-14(13)17/h5-9,21H,4,10-11H2,1-3H3,(H,18,19). The van der Waals surface area contributed by atoms with E-state index in [0.29, 0.717) is 24.3 Å². The normalized spacial score (nSPS) is 12.1. The van der Waals surface area contributed by atoms with E-state index in [1.165, 1.54) is 6.07 Å². The molecule has 0 aliphatic carbocycles. The van der Waals surface area contributed by atoms with Crippen molar-refractivity contribution < 1.29 is 9.50 Å². The molecule has 0 aliphatic rings. The van der Waals surface area contributed by atoms with Crippen molar-refractivity contribution in [2.24, 2.45) is 0 Å². The van der Waals surface area contributed by atoms with Crippen LogP contribution in [-0.2, 0) is 6.54 Å². The Bertz CT molecular complexity index is 589. The highest BCUT2D eigenvalue weighted by Gasteiger charge is 2.19. The van der Waals surface area contributed by atoms with Crippen molar-refractivity contribution in [3.05, 3.63) is 41.8 Å². The van der Waals surface area contributed by atoms with E-state index >= 15 is 0 Å². The van der Waals surface area contributed by atoms with Gasteiger partial charge in [-0.3, -0.25) is 10.00 Å². The molecule has 1 aromatic carbocycles. The van der Waals surface area contributed by atoms with Crippen LogP contribution < -0.4 is 0 Å². The second-order valence-electron chi connectivity index (χ2n) is 5.87. The number of aliphatic hydroxyl groups is 1. The van der Waals surface area contributed by atoms with Crippen molar-refractivity contribution in [1.29, 1.82) is 0 Å². The van der Waals surface area contributed by atoms with Crippen LogP contribution in [0.15, 0.2) is 30.5 Å². The molecule has 0 atom stereocenters. The summed E-state index contributed by atoms with van der Waals surface area (Å²) in [6, 6.07) is 6.64. The molecular weight excluding hydrogens is 269 g/mol. The maximum Gasteiger partial charge on any atom is 0.132 e. The van der Waals surface area contributed by atoms with E-state index < -0.39 is 5.60 Å². The Kier molecular flexibility index (Phi) is 4.75. The first-order chi connectivity index (χ1) is 9.90. The van der Waals surface area contributed by atoms with Crippen LogP contribution in [0.3, 0.4) is 0 Å². The van der Waals surface area contributed by atoms with Gasteiger partial charge in [-0.2, -0.15) is 5.10 Å². The molecule has 2 aromatic rings. The van der Waals surface area contributed by atoms with Gasteiger partial charge in [-0.1, -0.05) is 19.1 Å². The van der Waals surface area contributed by atoms with Crippen molar-refractivity contribution in [2.45, 2.75) is 32.9 Å². The summed E-state index contributed by atoms with van der Waals surface area (Å²) in [5.41, 5.74) is 1.37. The van der Waals surface area contributed by atoms with Crippen molar-refractivity contribution in [1.82, 2.24) is 15.1 Å². The predicted octanol–water partition coefficient (Wildman–Crippen LogP) is 2.81. The fraction of sp³-hybridized carbons (Fsp3) is 0.438. The number of hydrogen-bond acceptors (Lipinski definition) is 3. The molecule has 5 heteroatoms. The van der Waals surface area contributed by atoms with Gasteiger partial charge in [0.2, 0.25) is 0 Å². The Balaban J connectivity index is 2.23. The lowest BCUT2D eigenvalue weighted by atomic mass is 10.1. The molecule has 2 N–H and O–H groups in total. The molecule has 1 aromatic heterocycles. The lowest BCUT2D eigenvalue weighted by Gasteiger charge is -2.27. The first-order valence-electron chi connectivity index (χ1n) is 7.12. The number of nitrogens with one attached hydrogen (secondary N) is 1. The summed E-state index contributed by atoms with van der Waals surface area (Å²) in [5.74, 6) is -0.270. The Morgan fingerprint density at radius 3 is 2.67 bits per heavy atom. The lowest BCUT2D eigenvalue weighted by Crippen LogP contribution is -2.38. The first kappa shape index (κ1) is 15.7. The van der Waals surface area contributed by atoms with Crippen LogP contribution in [0.4, 0.5) is 4.39 Å². The van der Waals surface area contributed by atoms with Crippen LogP contribution in [-0.4, -0.2) is 38.9 Å². The maximum absolute atomic E-state index is 13.9. The predicted molar refractivity (Wildman–Crippen MR) is 81.2 cm³/mol. The quantitative estimate of drug-likeness (QED) is 0.860. The second kappa shape index (κ2) is 6.37. The number of aromatic amines is 1. The summed E-state index contributed by atoms with van der Waals surface area (Å²) >= 11 is 0. The van der Waals surface area contributed by atoms with E-state index in [-0.39, 0.29) is 5.82 Å². The van der Waals surface area contributed by atoms with Gasteiger partial charge in [0.25, 0.3) is 0 Å². The van der Waals surface area contributed by atoms with E-state index in [0.717, 1.165) is 12.1 Å². The molecular formula is C16H22FN3O. The van der Waals surface area contributed by atoms with Crippen molar-refractivity contribution in [2.75, 3.05) is 13.1 Å². The van der Waals surface area contributed by atoms with Gasteiger partial charge in [-0.05, 0) is 32.5 Å². The molecule has 1 heterocycles. The Hall–Kier alpha value is -1.72. The second-order valence-corrected chi connectivity index (χ2v) is 5.87. The minimum atomic E-state index is -0.766. The Labute approximate surface area is 124 Å². The van der Waals surface area contributed by atoms with Crippen LogP contribution in [0.1, 0.15) is 26.3 Å². The van der Waals surface area contributed by atoms with Crippen molar-refractivity contribution in [3.8, 4) is 11.3 Å². The average molecular weight is 291 g/mol. The molecule has 2 rings (SSSR count). The van der Waals surface area contributed by atoms with Gasteiger partial charge in [0.05, 0.1) is 17.5 Å². The topological polar surface area (TPSA) is 52.2 Å². The zero-order valence-electron chi connectivity index (χ0n) is 12.7. The van der Waals surface area contributed by atoms with E-state index in [9.17, 15) is 9.50 Å². The number of aromatic nitrogens is 2. The van der Waals surface area contributed by atoms with Gasteiger partial charge in [0, 0.05) is 24.2 Å². The molecule has 21 heavy (non-hydrogen) atoms. The smallest absolute Gasteiger partial charge is 0.132 e. The highest BCUT2D eigenvalue weighted by atomic mass is 19.1. The molecule has 0 amide bonds. The third-order valence-electron chi connectivity index (χ3n) is 3.31. The van der Waals surface area contributed by atoms with Crippen molar-refractivity contribution >= 4 is 0 Å². The summed E-state index contributed by atoms with van der Waals surface area (Å²) in [7, 11) is 0. The zero-order valence-corrected chi connectivity index (χ0v) is 12.7. The summed E-state index contributed by atoms with van der Waals surface area (Å²) in [5, 5.41) is 16.9. The Morgan fingerprint density at radius 2 is 2.05 bits per heavy atom. The minimum Gasteiger partial charge on any atom is -0.389 e. The van der Waals surface area contributed by atoms with Crippen LogP contribution >= 0.6 is 0 Å². The van der Waals surface area contributed by atoms with Crippen LogP contribution in [0.5, 0.6) is 0 Å². The molecule has 4 nitrogen and oxygen atoms in total. The van der Waals surface area contributed by atoms with E-state index in [1.807, 2.05) is 6.92 Å². The summed E-state index contributed by atoms with van der Waals surface area (Å²) in [6.07, 6.45) is 1.72.